The van der Waals surface area contributed by atoms with Gasteiger partial charge in [0.2, 0.25) is 15.9 Å². The molecule has 9 heteroatoms. The fraction of sp³-hybridized carbons (Fsp3) is 0.364. The number of anilines is 1. The predicted molar refractivity (Wildman–Crippen MR) is 121 cm³/mol. The summed E-state index contributed by atoms with van der Waals surface area (Å²) in [6.45, 7) is 3.73. The van der Waals surface area contributed by atoms with Crippen LogP contribution in [0.5, 0.6) is 0 Å². The van der Waals surface area contributed by atoms with E-state index >= 15 is 0 Å². The summed E-state index contributed by atoms with van der Waals surface area (Å²) in [7, 11) is -2.25. The second-order valence-electron chi connectivity index (χ2n) is 7.90. The second-order valence-corrected chi connectivity index (χ2v) is 10.3. The molecule has 166 valence electrons. The van der Waals surface area contributed by atoms with Crippen molar-refractivity contribution in [2.75, 3.05) is 12.4 Å². The first-order valence-corrected chi connectivity index (χ1v) is 11.9. The van der Waals surface area contributed by atoms with Gasteiger partial charge in [0.1, 0.15) is 0 Å². The van der Waals surface area contributed by atoms with E-state index in [1.807, 2.05) is 6.07 Å². The molecule has 31 heavy (non-hydrogen) atoms. The predicted octanol–water partition coefficient (Wildman–Crippen LogP) is 3.65. The van der Waals surface area contributed by atoms with Gasteiger partial charge in [-0.2, -0.15) is 4.31 Å². The highest BCUT2D eigenvalue weighted by Crippen LogP contribution is 2.30. The van der Waals surface area contributed by atoms with Gasteiger partial charge in [-0.25, -0.2) is 8.42 Å². The quantitative estimate of drug-likeness (QED) is 0.624. The molecule has 2 aromatic carbocycles. The van der Waals surface area contributed by atoms with Crippen LogP contribution in [0.4, 0.5) is 5.69 Å². The molecule has 2 N–H and O–H groups in total. The highest BCUT2D eigenvalue weighted by molar-refractivity contribution is 7.89. The Morgan fingerprint density at radius 2 is 1.87 bits per heavy atom. The van der Waals surface area contributed by atoms with E-state index in [0.717, 1.165) is 18.4 Å². The van der Waals surface area contributed by atoms with Crippen LogP contribution in [0.25, 0.3) is 0 Å². The van der Waals surface area contributed by atoms with Gasteiger partial charge in [0, 0.05) is 31.2 Å². The van der Waals surface area contributed by atoms with Gasteiger partial charge in [-0.15, -0.1) is 0 Å². The van der Waals surface area contributed by atoms with Crippen LogP contribution in [0.2, 0.25) is 5.02 Å². The van der Waals surface area contributed by atoms with Crippen molar-refractivity contribution in [1.29, 1.82) is 0 Å². The average Bonchev–Trinajstić information content (AvgIpc) is 3.57. The Morgan fingerprint density at radius 1 is 1.16 bits per heavy atom. The number of carbonyl (C=O) groups is 2. The molecule has 1 aliphatic rings. The number of amides is 2. The van der Waals surface area contributed by atoms with Crippen LogP contribution in [-0.2, 0) is 21.4 Å². The van der Waals surface area contributed by atoms with Crippen LogP contribution in [0, 0.1) is 5.92 Å². The molecule has 0 saturated heterocycles. The molecule has 0 aromatic heterocycles. The lowest BCUT2D eigenvalue weighted by molar-refractivity contribution is -0.117. The third-order valence-electron chi connectivity index (χ3n) is 5.18. The minimum Gasteiger partial charge on any atom is -0.348 e. The molecule has 1 aliphatic carbocycles. The van der Waals surface area contributed by atoms with Gasteiger partial charge in [0.25, 0.3) is 5.91 Å². The van der Waals surface area contributed by atoms with E-state index in [0.29, 0.717) is 5.69 Å². The summed E-state index contributed by atoms with van der Waals surface area (Å²) in [5, 5.41) is 5.79. The number of rotatable bonds is 8. The van der Waals surface area contributed by atoms with E-state index in [1.54, 1.807) is 32.0 Å². The first kappa shape index (κ1) is 23.2. The first-order valence-electron chi connectivity index (χ1n) is 10.0. The summed E-state index contributed by atoms with van der Waals surface area (Å²) >= 11 is 6.17. The smallest absolute Gasteiger partial charge is 0.253 e. The van der Waals surface area contributed by atoms with Crippen molar-refractivity contribution >= 4 is 39.1 Å². The summed E-state index contributed by atoms with van der Waals surface area (Å²) in [5.74, 6) is -0.372. The molecule has 1 fully saturated rings. The molecule has 0 aliphatic heterocycles. The Kier molecular flexibility index (Phi) is 7.03. The highest BCUT2D eigenvalue weighted by atomic mass is 35.5. The number of hydrogen-bond donors (Lipinski definition) is 2. The van der Waals surface area contributed by atoms with Gasteiger partial charge in [0.05, 0.1) is 15.5 Å². The molecule has 0 unspecified atom stereocenters. The van der Waals surface area contributed by atoms with Gasteiger partial charge >= 0.3 is 0 Å². The summed E-state index contributed by atoms with van der Waals surface area (Å²) in [4.78, 5) is 24.6. The van der Waals surface area contributed by atoms with Crippen molar-refractivity contribution in [3.63, 3.8) is 0 Å². The van der Waals surface area contributed by atoms with Crippen LogP contribution in [0.3, 0.4) is 0 Å². The Bertz CT molecular complexity index is 1100. The number of benzene rings is 2. The largest absolute Gasteiger partial charge is 0.348 e. The van der Waals surface area contributed by atoms with E-state index in [1.165, 1.54) is 29.6 Å². The number of nitrogens with zero attached hydrogens (tertiary/aromatic N) is 1. The van der Waals surface area contributed by atoms with E-state index < -0.39 is 15.9 Å². The molecular formula is C22H26ClN3O4S. The van der Waals surface area contributed by atoms with Gasteiger partial charge in [-0.1, -0.05) is 23.7 Å². The maximum Gasteiger partial charge on any atom is 0.253 e. The topological polar surface area (TPSA) is 95.6 Å². The molecule has 0 spiro atoms. The van der Waals surface area contributed by atoms with Gasteiger partial charge in [-0.3, -0.25) is 9.59 Å². The fourth-order valence-corrected chi connectivity index (χ4v) is 4.51. The van der Waals surface area contributed by atoms with E-state index in [2.05, 4.69) is 10.6 Å². The van der Waals surface area contributed by atoms with Crippen molar-refractivity contribution in [1.82, 2.24) is 9.62 Å². The van der Waals surface area contributed by atoms with Gasteiger partial charge in [0.15, 0.2) is 0 Å². The van der Waals surface area contributed by atoms with Crippen LogP contribution < -0.4 is 10.6 Å². The fourth-order valence-electron chi connectivity index (χ4n) is 2.91. The minimum atomic E-state index is -3.74. The third-order valence-corrected chi connectivity index (χ3v) is 7.54. The number of carbonyl (C=O) groups excluding carboxylic acids is 2. The molecule has 0 bridgehead atoms. The summed E-state index contributed by atoms with van der Waals surface area (Å²) in [6, 6.07) is 11.1. The SMILES string of the molecule is CC(C)N(C)S(=O)(=O)c1ccc(Cl)c(C(=O)NCc2cccc(NC(=O)C3CC3)c2)c1. The maximum atomic E-state index is 12.7. The van der Waals surface area contributed by atoms with Crippen molar-refractivity contribution in [2.45, 2.75) is 44.2 Å². The van der Waals surface area contributed by atoms with E-state index in [9.17, 15) is 18.0 Å². The normalized spacial score (nSPS) is 14.0. The van der Waals surface area contributed by atoms with Crippen LogP contribution in [0.15, 0.2) is 47.4 Å². The molecular weight excluding hydrogens is 438 g/mol. The standard InChI is InChI=1S/C22H26ClN3O4S/c1-14(2)26(3)31(29,30)18-9-10-20(23)19(12-18)22(28)24-13-15-5-4-6-17(11-15)25-21(27)16-7-8-16/h4-6,9-12,14,16H,7-8,13H2,1-3H3,(H,24,28)(H,25,27). The minimum absolute atomic E-state index is 0.00281. The zero-order chi connectivity index (χ0) is 22.8. The number of nitrogens with one attached hydrogen (secondary N) is 2. The van der Waals surface area contributed by atoms with Crippen molar-refractivity contribution in [2.24, 2.45) is 5.92 Å². The van der Waals surface area contributed by atoms with Crippen LogP contribution in [0.1, 0.15) is 42.6 Å². The maximum absolute atomic E-state index is 12.7. The highest BCUT2D eigenvalue weighted by Gasteiger charge is 2.29. The lowest BCUT2D eigenvalue weighted by Crippen LogP contribution is -2.33. The summed E-state index contributed by atoms with van der Waals surface area (Å²) < 4.78 is 26.7. The molecule has 0 heterocycles. The molecule has 2 amide bonds. The van der Waals surface area contributed by atoms with Crippen molar-refractivity contribution < 1.29 is 18.0 Å². The average molecular weight is 464 g/mol. The summed E-state index contributed by atoms with van der Waals surface area (Å²) in [5.41, 5.74) is 1.55. The Balaban J connectivity index is 1.71. The Hall–Kier alpha value is -2.42. The molecule has 2 aromatic rings. The molecule has 0 atom stereocenters. The number of sulfonamides is 1. The Labute approximate surface area is 187 Å². The lowest BCUT2D eigenvalue weighted by Gasteiger charge is -2.21. The van der Waals surface area contributed by atoms with E-state index in [-0.39, 0.29) is 39.9 Å². The monoisotopic (exact) mass is 463 g/mol. The zero-order valence-corrected chi connectivity index (χ0v) is 19.3. The lowest BCUT2D eigenvalue weighted by atomic mass is 10.1. The second kappa shape index (κ2) is 9.38. The van der Waals surface area contributed by atoms with Crippen molar-refractivity contribution in [3.05, 3.63) is 58.6 Å². The molecule has 7 nitrogen and oxygen atoms in total. The van der Waals surface area contributed by atoms with Crippen LogP contribution >= 0.6 is 11.6 Å². The first-order chi connectivity index (χ1) is 14.6. The summed E-state index contributed by atoms with van der Waals surface area (Å²) in [6.07, 6.45) is 1.84. The number of halogens is 1. The molecule has 3 rings (SSSR count). The zero-order valence-electron chi connectivity index (χ0n) is 17.7. The van der Waals surface area contributed by atoms with Gasteiger partial charge in [-0.05, 0) is 62.6 Å². The third kappa shape index (κ3) is 5.64. The van der Waals surface area contributed by atoms with Crippen LogP contribution in [-0.4, -0.2) is 37.6 Å². The van der Waals surface area contributed by atoms with Crippen molar-refractivity contribution in [3.8, 4) is 0 Å². The van der Waals surface area contributed by atoms with Gasteiger partial charge < -0.3 is 10.6 Å². The molecule has 1 saturated carbocycles. The Morgan fingerprint density at radius 3 is 2.52 bits per heavy atom. The van der Waals surface area contributed by atoms with E-state index in [4.69, 9.17) is 11.6 Å². The molecule has 0 radical (unpaired) electrons. The number of hydrogen-bond acceptors (Lipinski definition) is 4.